The second-order valence-electron chi connectivity index (χ2n) is 3.49. The second-order valence-corrected chi connectivity index (χ2v) is 4.88. The van der Waals surface area contributed by atoms with E-state index in [4.69, 9.17) is 4.74 Å². The van der Waals surface area contributed by atoms with Crippen molar-refractivity contribution in [3.63, 3.8) is 0 Å². The van der Waals surface area contributed by atoms with Gasteiger partial charge in [-0.2, -0.15) is 11.8 Å². The van der Waals surface area contributed by atoms with Crippen LogP contribution in [0.1, 0.15) is 26.2 Å². The number of thioether (sulfide) groups is 1. The Bertz CT molecular complexity index is 242. The minimum atomic E-state index is -0.398. The molecule has 1 atom stereocenters. The van der Waals surface area contributed by atoms with Gasteiger partial charge in [0.1, 0.15) is 6.10 Å². The normalized spacial score (nSPS) is 19.4. The zero-order valence-corrected chi connectivity index (χ0v) is 10.3. The summed E-state index contributed by atoms with van der Waals surface area (Å²) < 4.78 is 5.18. The number of carbonyl (C=O) groups is 2. The molecular weight excluding hydrogens is 228 g/mol. The lowest BCUT2D eigenvalue weighted by Crippen LogP contribution is -2.46. The lowest BCUT2D eigenvalue weighted by molar-refractivity contribution is -0.134. The molecule has 0 spiro atoms. The van der Waals surface area contributed by atoms with E-state index in [0.717, 1.165) is 24.3 Å². The van der Waals surface area contributed by atoms with E-state index in [1.54, 1.807) is 11.8 Å². The summed E-state index contributed by atoms with van der Waals surface area (Å²) in [5.74, 6) is 1.36. The number of rotatable bonds is 5. The van der Waals surface area contributed by atoms with E-state index >= 15 is 0 Å². The van der Waals surface area contributed by atoms with Crippen LogP contribution in [0.2, 0.25) is 0 Å². The van der Waals surface area contributed by atoms with Crippen LogP contribution in [0.5, 0.6) is 0 Å². The van der Waals surface area contributed by atoms with Gasteiger partial charge in [-0.15, -0.1) is 0 Å². The Morgan fingerprint density at radius 3 is 2.88 bits per heavy atom. The molecule has 1 heterocycles. The molecule has 1 aliphatic heterocycles. The Kier molecular flexibility index (Phi) is 6.25. The largest absolute Gasteiger partial charge is 0.368 e. The van der Waals surface area contributed by atoms with Crippen molar-refractivity contribution in [3.05, 3.63) is 0 Å². The maximum absolute atomic E-state index is 11.4. The summed E-state index contributed by atoms with van der Waals surface area (Å²) in [6.45, 7) is 2.67. The van der Waals surface area contributed by atoms with Crippen molar-refractivity contribution in [1.82, 2.24) is 10.9 Å². The van der Waals surface area contributed by atoms with Gasteiger partial charge in [0.25, 0.3) is 5.91 Å². The number of nitrogens with one attached hydrogen (secondary N) is 2. The summed E-state index contributed by atoms with van der Waals surface area (Å²) in [7, 11) is 0. The number of hydrazine groups is 1. The van der Waals surface area contributed by atoms with E-state index < -0.39 is 6.10 Å². The Morgan fingerprint density at radius 1 is 1.44 bits per heavy atom. The molecule has 1 unspecified atom stereocenters. The van der Waals surface area contributed by atoms with Gasteiger partial charge in [0.2, 0.25) is 5.91 Å². The number of carbonyl (C=O) groups excluding carboxylic acids is 2. The predicted octanol–water partition coefficient (Wildman–Crippen LogP) is 0.456. The Balaban J connectivity index is 2.08. The molecule has 1 rings (SSSR count). The van der Waals surface area contributed by atoms with Crippen LogP contribution >= 0.6 is 11.8 Å². The third-order valence-corrected chi connectivity index (χ3v) is 3.13. The first-order valence-corrected chi connectivity index (χ1v) is 6.67. The van der Waals surface area contributed by atoms with Crippen LogP contribution < -0.4 is 10.9 Å². The molecule has 0 aromatic carbocycles. The fourth-order valence-electron chi connectivity index (χ4n) is 1.37. The third-order valence-electron chi connectivity index (χ3n) is 2.22. The van der Waals surface area contributed by atoms with Gasteiger partial charge in [0.15, 0.2) is 0 Å². The standard InChI is InChI=1S/C10H18N2O3S/c1-2-16-7-5-9(13)11-12-10(14)8-4-3-6-15-8/h8H,2-7H2,1H3,(H,11,13)(H,12,14). The molecule has 16 heavy (non-hydrogen) atoms. The van der Waals surface area contributed by atoms with Crippen molar-refractivity contribution in [2.45, 2.75) is 32.3 Å². The molecule has 5 nitrogen and oxygen atoms in total. The highest BCUT2D eigenvalue weighted by molar-refractivity contribution is 7.99. The smallest absolute Gasteiger partial charge is 0.267 e. The van der Waals surface area contributed by atoms with E-state index in [2.05, 4.69) is 10.9 Å². The first-order chi connectivity index (χ1) is 7.74. The summed E-state index contributed by atoms with van der Waals surface area (Å²) in [6, 6.07) is 0. The van der Waals surface area contributed by atoms with E-state index in [1.807, 2.05) is 6.92 Å². The maximum Gasteiger partial charge on any atom is 0.267 e. The minimum Gasteiger partial charge on any atom is -0.368 e. The molecule has 2 amide bonds. The molecule has 1 saturated heterocycles. The SMILES string of the molecule is CCSCCC(=O)NNC(=O)C1CCCO1. The Labute approximate surface area is 99.6 Å². The van der Waals surface area contributed by atoms with Gasteiger partial charge in [-0.05, 0) is 18.6 Å². The number of ether oxygens (including phenoxy) is 1. The van der Waals surface area contributed by atoms with Gasteiger partial charge < -0.3 is 4.74 Å². The van der Waals surface area contributed by atoms with Crippen molar-refractivity contribution in [3.8, 4) is 0 Å². The molecule has 0 aliphatic carbocycles. The lowest BCUT2D eigenvalue weighted by Gasteiger charge is -2.11. The van der Waals surface area contributed by atoms with E-state index in [1.165, 1.54) is 0 Å². The predicted molar refractivity (Wildman–Crippen MR) is 62.9 cm³/mol. The molecular formula is C10H18N2O3S. The molecule has 2 N–H and O–H groups in total. The number of hydrogen-bond acceptors (Lipinski definition) is 4. The second kappa shape index (κ2) is 7.51. The number of amides is 2. The van der Waals surface area contributed by atoms with Crippen LogP contribution in [-0.2, 0) is 14.3 Å². The average Bonchev–Trinajstić information content (AvgIpc) is 2.79. The highest BCUT2D eigenvalue weighted by atomic mass is 32.2. The van der Waals surface area contributed by atoms with Crippen molar-refractivity contribution in [2.75, 3.05) is 18.1 Å². The molecule has 1 fully saturated rings. The highest BCUT2D eigenvalue weighted by Gasteiger charge is 2.23. The van der Waals surface area contributed by atoms with Crippen LogP contribution in [0.4, 0.5) is 0 Å². The minimum absolute atomic E-state index is 0.160. The molecule has 0 radical (unpaired) electrons. The summed E-state index contributed by atoms with van der Waals surface area (Å²) in [5, 5.41) is 0. The number of hydrogen-bond donors (Lipinski definition) is 2. The lowest BCUT2D eigenvalue weighted by atomic mass is 10.2. The monoisotopic (exact) mass is 246 g/mol. The van der Waals surface area contributed by atoms with Crippen LogP contribution in [0.3, 0.4) is 0 Å². The van der Waals surface area contributed by atoms with E-state index in [0.29, 0.717) is 13.0 Å². The topological polar surface area (TPSA) is 67.4 Å². The summed E-state index contributed by atoms with van der Waals surface area (Å²) in [4.78, 5) is 22.7. The zero-order chi connectivity index (χ0) is 11.8. The molecule has 0 bridgehead atoms. The maximum atomic E-state index is 11.4. The van der Waals surface area contributed by atoms with Crippen LogP contribution in [0.15, 0.2) is 0 Å². The average molecular weight is 246 g/mol. The van der Waals surface area contributed by atoms with Crippen molar-refractivity contribution < 1.29 is 14.3 Å². The molecule has 6 heteroatoms. The summed E-state index contributed by atoms with van der Waals surface area (Å²) in [6.07, 6.45) is 1.65. The molecule has 0 aromatic rings. The first kappa shape index (κ1) is 13.3. The van der Waals surface area contributed by atoms with E-state index in [9.17, 15) is 9.59 Å². The fraction of sp³-hybridized carbons (Fsp3) is 0.800. The molecule has 0 saturated carbocycles. The summed E-state index contributed by atoms with van der Waals surface area (Å²) in [5.41, 5.74) is 4.76. The Morgan fingerprint density at radius 2 is 2.25 bits per heavy atom. The van der Waals surface area contributed by atoms with Crippen LogP contribution in [0, 0.1) is 0 Å². The third kappa shape index (κ3) is 4.85. The van der Waals surface area contributed by atoms with Crippen LogP contribution in [-0.4, -0.2) is 36.0 Å². The van der Waals surface area contributed by atoms with E-state index in [-0.39, 0.29) is 11.8 Å². The van der Waals surface area contributed by atoms with Gasteiger partial charge in [0.05, 0.1) is 0 Å². The van der Waals surface area contributed by atoms with Crippen molar-refractivity contribution >= 4 is 23.6 Å². The zero-order valence-electron chi connectivity index (χ0n) is 9.45. The fourth-order valence-corrected chi connectivity index (χ4v) is 1.99. The van der Waals surface area contributed by atoms with Gasteiger partial charge in [0, 0.05) is 18.8 Å². The van der Waals surface area contributed by atoms with Gasteiger partial charge in [-0.25, -0.2) is 0 Å². The van der Waals surface area contributed by atoms with Gasteiger partial charge in [-0.1, -0.05) is 6.92 Å². The van der Waals surface area contributed by atoms with Gasteiger partial charge in [-0.3, -0.25) is 20.4 Å². The molecule has 1 aliphatic rings. The van der Waals surface area contributed by atoms with Crippen molar-refractivity contribution in [2.24, 2.45) is 0 Å². The first-order valence-electron chi connectivity index (χ1n) is 5.52. The molecule has 92 valence electrons. The Hall–Kier alpha value is -0.750. The molecule has 0 aromatic heterocycles. The van der Waals surface area contributed by atoms with Crippen molar-refractivity contribution in [1.29, 1.82) is 0 Å². The summed E-state index contributed by atoms with van der Waals surface area (Å²) >= 11 is 1.70. The van der Waals surface area contributed by atoms with Gasteiger partial charge >= 0.3 is 0 Å². The van der Waals surface area contributed by atoms with Crippen LogP contribution in [0.25, 0.3) is 0 Å². The highest BCUT2D eigenvalue weighted by Crippen LogP contribution is 2.11. The quantitative estimate of drug-likeness (QED) is 0.546.